The number of hydrogen-bond acceptors (Lipinski definition) is 3. The Morgan fingerprint density at radius 3 is 1.97 bits per heavy atom. The van der Waals surface area contributed by atoms with E-state index in [1.165, 1.54) is 37.8 Å². The van der Waals surface area contributed by atoms with Crippen LogP contribution in [0, 0.1) is 17.6 Å². The first-order chi connectivity index (χ1) is 14.5. The molecule has 5 heteroatoms. The maximum absolute atomic E-state index is 13.8. The molecule has 0 amide bonds. The molecule has 0 fully saturated rings. The third kappa shape index (κ3) is 10.3. The molecule has 0 spiro atoms. The molecular formula is C25H42F2O3. The fourth-order valence-corrected chi connectivity index (χ4v) is 3.98. The lowest BCUT2D eigenvalue weighted by atomic mass is 9.91. The first-order valence-electron chi connectivity index (χ1n) is 11.9. The van der Waals surface area contributed by atoms with Crippen LogP contribution in [0.1, 0.15) is 97.0 Å². The Hall–Kier alpha value is -1.04. The molecule has 0 heterocycles. The lowest BCUT2D eigenvalue weighted by Crippen LogP contribution is -2.44. The molecule has 30 heavy (non-hydrogen) atoms. The summed E-state index contributed by atoms with van der Waals surface area (Å²) in [4.78, 5) is 0. The zero-order valence-electron chi connectivity index (χ0n) is 19.2. The fourth-order valence-electron chi connectivity index (χ4n) is 3.98. The van der Waals surface area contributed by atoms with Crippen molar-refractivity contribution >= 4 is 0 Å². The quantitative estimate of drug-likeness (QED) is 0.199. The first kappa shape index (κ1) is 27.0. The summed E-state index contributed by atoms with van der Waals surface area (Å²) < 4.78 is 38.0. The van der Waals surface area contributed by atoms with Crippen molar-refractivity contribution in [2.24, 2.45) is 5.92 Å². The molecule has 0 aromatic heterocycles. The van der Waals surface area contributed by atoms with E-state index in [-0.39, 0.29) is 5.92 Å². The van der Waals surface area contributed by atoms with Gasteiger partial charge in [-0.25, -0.2) is 8.78 Å². The number of benzene rings is 1. The number of hydrogen-bond donors (Lipinski definition) is 1. The van der Waals surface area contributed by atoms with Crippen LogP contribution in [0.3, 0.4) is 0 Å². The number of unbranched alkanes of at least 4 members (excludes halogenated alkanes) is 7. The van der Waals surface area contributed by atoms with Crippen molar-refractivity contribution in [3.63, 3.8) is 0 Å². The van der Waals surface area contributed by atoms with Gasteiger partial charge in [0.1, 0.15) is 11.6 Å². The fraction of sp³-hybridized carbons (Fsp3) is 0.760. The predicted molar refractivity (Wildman–Crippen MR) is 118 cm³/mol. The normalized spacial score (nSPS) is 13.0. The Morgan fingerprint density at radius 2 is 1.40 bits per heavy atom. The zero-order chi connectivity index (χ0) is 22.2. The highest BCUT2D eigenvalue weighted by molar-refractivity contribution is 5.18. The number of aliphatic hydroxyl groups is 1. The van der Waals surface area contributed by atoms with E-state index in [1.807, 2.05) is 13.8 Å². The third-order valence-corrected chi connectivity index (χ3v) is 5.64. The summed E-state index contributed by atoms with van der Waals surface area (Å²) >= 11 is 0. The minimum atomic E-state index is -1.53. The molecule has 0 aliphatic rings. The van der Waals surface area contributed by atoms with Crippen molar-refractivity contribution in [2.45, 2.75) is 104 Å². The standard InChI is InChI=1S/C25H42F2O3/c1-4-7-8-9-10-13-16-22(25(28,29-5-2)30-6-3)17-14-11-12-15-21-18-19-23(26)20-24(21)27/h18-20,22,28H,4-17H2,1-3H3. The van der Waals surface area contributed by atoms with Crippen LogP contribution in [-0.4, -0.2) is 24.3 Å². The van der Waals surface area contributed by atoms with Gasteiger partial charge in [-0.2, -0.15) is 0 Å². The van der Waals surface area contributed by atoms with Gasteiger partial charge in [0.25, 0.3) is 5.97 Å². The minimum absolute atomic E-state index is 0.0777. The zero-order valence-corrected chi connectivity index (χ0v) is 19.2. The van der Waals surface area contributed by atoms with Crippen LogP contribution in [0.15, 0.2) is 18.2 Å². The van der Waals surface area contributed by atoms with Crippen LogP contribution in [0.4, 0.5) is 8.78 Å². The molecule has 1 unspecified atom stereocenters. The first-order valence-corrected chi connectivity index (χ1v) is 11.9. The number of rotatable bonds is 18. The van der Waals surface area contributed by atoms with Crippen molar-refractivity contribution in [3.05, 3.63) is 35.4 Å². The summed E-state index contributed by atoms with van der Waals surface area (Å²) in [6.45, 7) is 6.73. The van der Waals surface area contributed by atoms with E-state index in [2.05, 4.69) is 6.92 Å². The van der Waals surface area contributed by atoms with Gasteiger partial charge >= 0.3 is 0 Å². The van der Waals surface area contributed by atoms with Gasteiger partial charge in [0.05, 0.1) is 0 Å². The van der Waals surface area contributed by atoms with Gasteiger partial charge in [-0.3, -0.25) is 0 Å². The Kier molecular flexibility index (Phi) is 14.1. The smallest absolute Gasteiger partial charge is 0.283 e. The topological polar surface area (TPSA) is 38.7 Å². The van der Waals surface area contributed by atoms with E-state index in [0.29, 0.717) is 25.2 Å². The Bertz CT molecular complexity index is 559. The second-order valence-corrected chi connectivity index (χ2v) is 8.09. The summed E-state index contributed by atoms with van der Waals surface area (Å²) in [5.41, 5.74) is 0.556. The molecule has 1 N–H and O–H groups in total. The lowest BCUT2D eigenvalue weighted by Gasteiger charge is -2.35. The maximum Gasteiger partial charge on any atom is 0.283 e. The van der Waals surface area contributed by atoms with Gasteiger partial charge in [-0.15, -0.1) is 0 Å². The van der Waals surface area contributed by atoms with E-state index in [9.17, 15) is 13.9 Å². The van der Waals surface area contributed by atoms with Crippen LogP contribution >= 0.6 is 0 Å². The lowest BCUT2D eigenvalue weighted by molar-refractivity contribution is -0.385. The van der Waals surface area contributed by atoms with E-state index >= 15 is 0 Å². The molecule has 0 bridgehead atoms. The monoisotopic (exact) mass is 428 g/mol. The summed E-state index contributed by atoms with van der Waals surface area (Å²) in [7, 11) is 0. The highest BCUT2D eigenvalue weighted by atomic mass is 19.1. The van der Waals surface area contributed by atoms with Crippen molar-refractivity contribution in [1.82, 2.24) is 0 Å². The molecule has 1 aromatic rings. The average Bonchev–Trinajstić information content (AvgIpc) is 2.70. The number of halogens is 2. The Labute approximate surface area is 182 Å². The van der Waals surface area contributed by atoms with Crippen LogP contribution in [0.2, 0.25) is 0 Å². The third-order valence-electron chi connectivity index (χ3n) is 5.64. The average molecular weight is 429 g/mol. The highest BCUT2D eigenvalue weighted by Gasteiger charge is 2.37. The summed E-state index contributed by atoms with van der Waals surface area (Å²) in [5, 5.41) is 11.0. The van der Waals surface area contributed by atoms with Gasteiger partial charge in [-0.1, -0.05) is 64.4 Å². The van der Waals surface area contributed by atoms with Crippen molar-refractivity contribution in [2.75, 3.05) is 13.2 Å². The van der Waals surface area contributed by atoms with Gasteiger partial charge in [0.15, 0.2) is 0 Å². The SMILES string of the molecule is CCCCCCCCC(CCCCCc1ccc(F)cc1F)C(O)(OCC)OCC. The van der Waals surface area contributed by atoms with E-state index in [0.717, 1.165) is 51.0 Å². The number of aryl methyl sites for hydroxylation is 1. The molecule has 0 radical (unpaired) electrons. The van der Waals surface area contributed by atoms with Crippen LogP contribution in [0.5, 0.6) is 0 Å². The van der Waals surface area contributed by atoms with Crippen LogP contribution in [0.25, 0.3) is 0 Å². The second-order valence-electron chi connectivity index (χ2n) is 8.09. The minimum Gasteiger partial charge on any atom is -0.343 e. The Balaban J connectivity index is 2.50. The van der Waals surface area contributed by atoms with Gasteiger partial charge in [-0.05, 0) is 51.2 Å². The van der Waals surface area contributed by atoms with Crippen molar-refractivity contribution in [1.29, 1.82) is 0 Å². The van der Waals surface area contributed by atoms with Gasteiger partial charge in [0, 0.05) is 25.2 Å². The molecule has 174 valence electrons. The van der Waals surface area contributed by atoms with E-state index in [1.54, 1.807) is 0 Å². The number of ether oxygens (including phenoxy) is 2. The van der Waals surface area contributed by atoms with Crippen molar-refractivity contribution < 1.29 is 23.4 Å². The molecule has 3 nitrogen and oxygen atoms in total. The predicted octanol–water partition coefficient (Wildman–Crippen LogP) is 7.15. The summed E-state index contributed by atoms with van der Waals surface area (Å²) in [6.07, 6.45) is 12.1. The molecule has 1 aromatic carbocycles. The van der Waals surface area contributed by atoms with Gasteiger partial charge < -0.3 is 14.6 Å². The molecule has 0 saturated heterocycles. The van der Waals surface area contributed by atoms with Crippen LogP contribution < -0.4 is 0 Å². The van der Waals surface area contributed by atoms with Crippen molar-refractivity contribution in [3.8, 4) is 0 Å². The second kappa shape index (κ2) is 15.7. The molecule has 1 rings (SSSR count). The molecule has 0 aliphatic carbocycles. The Morgan fingerprint density at radius 1 is 0.833 bits per heavy atom. The largest absolute Gasteiger partial charge is 0.343 e. The molecular weight excluding hydrogens is 386 g/mol. The summed E-state index contributed by atoms with van der Waals surface area (Å²) in [5.74, 6) is -2.63. The van der Waals surface area contributed by atoms with Crippen LogP contribution in [-0.2, 0) is 15.9 Å². The summed E-state index contributed by atoms with van der Waals surface area (Å²) in [6, 6.07) is 3.77. The molecule has 0 aliphatic heterocycles. The van der Waals surface area contributed by atoms with E-state index < -0.39 is 17.6 Å². The molecule has 0 saturated carbocycles. The van der Waals surface area contributed by atoms with Gasteiger partial charge in [0.2, 0.25) is 0 Å². The molecule has 1 atom stereocenters. The maximum atomic E-state index is 13.8. The van der Waals surface area contributed by atoms with E-state index in [4.69, 9.17) is 9.47 Å². The highest BCUT2D eigenvalue weighted by Crippen LogP contribution is 2.31.